The minimum absolute atomic E-state index is 0.337. The highest BCUT2D eigenvalue weighted by atomic mass is 19.4. The molecule has 0 aliphatic carbocycles. The van der Waals surface area contributed by atoms with Crippen LogP contribution < -0.4 is 5.32 Å². The van der Waals surface area contributed by atoms with Gasteiger partial charge in [0.15, 0.2) is 0 Å². The zero-order valence-corrected chi connectivity index (χ0v) is 18.3. The Kier molecular flexibility index (Phi) is 9.31. The SMILES string of the molecule is C1COCCO1.CC(C)(C)OC(=O)NC(C(=O)O)C(C)(C)c1ccc(C(F)(F)F)cc1. The van der Waals surface area contributed by atoms with Gasteiger partial charge in [-0.05, 0) is 38.5 Å². The molecule has 1 aromatic rings. The van der Waals surface area contributed by atoms with Crippen LogP contribution >= 0.6 is 0 Å². The van der Waals surface area contributed by atoms with E-state index in [1.165, 1.54) is 26.0 Å². The average Bonchev–Trinajstić information content (AvgIpc) is 2.66. The van der Waals surface area contributed by atoms with Crippen molar-refractivity contribution in [3.05, 3.63) is 35.4 Å². The lowest BCUT2D eigenvalue weighted by Gasteiger charge is -2.33. The van der Waals surface area contributed by atoms with Crippen LogP contribution in [0.15, 0.2) is 24.3 Å². The maximum atomic E-state index is 12.7. The van der Waals surface area contributed by atoms with Crippen LogP contribution in [0.4, 0.5) is 18.0 Å². The Labute approximate surface area is 179 Å². The summed E-state index contributed by atoms with van der Waals surface area (Å²) in [5.74, 6) is -1.32. The fourth-order valence-corrected chi connectivity index (χ4v) is 2.67. The number of aliphatic carboxylic acids is 1. The second-order valence-corrected chi connectivity index (χ2v) is 8.44. The van der Waals surface area contributed by atoms with Crippen LogP contribution in [0.25, 0.3) is 0 Å². The molecule has 1 fully saturated rings. The number of hydrogen-bond donors (Lipinski definition) is 2. The summed E-state index contributed by atoms with van der Waals surface area (Å²) in [5, 5.41) is 11.7. The standard InChI is InChI=1S/C17H22F3NO4.C4H8O2/c1-15(2,3)25-14(24)21-12(13(22)23)16(4,5)10-6-8-11(9-7-10)17(18,19)20;1-2-6-4-3-5-1/h6-9,12H,1-5H3,(H,21,24)(H,22,23);1-4H2. The number of carboxylic acid groups (broad SMARTS) is 1. The Bertz CT molecular complexity index is 711. The summed E-state index contributed by atoms with van der Waals surface area (Å²) in [6.45, 7) is 11.0. The van der Waals surface area contributed by atoms with Crippen LogP contribution in [0.5, 0.6) is 0 Å². The quantitative estimate of drug-likeness (QED) is 0.722. The maximum Gasteiger partial charge on any atom is 0.416 e. The van der Waals surface area contributed by atoms with E-state index in [1.54, 1.807) is 20.8 Å². The molecule has 1 atom stereocenters. The molecule has 2 rings (SSSR count). The van der Waals surface area contributed by atoms with E-state index >= 15 is 0 Å². The molecule has 1 aromatic carbocycles. The largest absolute Gasteiger partial charge is 0.480 e. The Morgan fingerprint density at radius 1 is 0.935 bits per heavy atom. The third-order valence-electron chi connectivity index (χ3n) is 4.33. The normalized spacial score (nSPS) is 15.9. The smallest absolute Gasteiger partial charge is 0.416 e. The van der Waals surface area contributed by atoms with Gasteiger partial charge in [0, 0.05) is 5.41 Å². The van der Waals surface area contributed by atoms with Crippen molar-refractivity contribution in [2.75, 3.05) is 26.4 Å². The van der Waals surface area contributed by atoms with E-state index in [-0.39, 0.29) is 0 Å². The van der Waals surface area contributed by atoms with Crippen molar-refractivity contribution >= 4 is 12.1 Å². The van der Waals surface area contributed by atoms with Crippen LogP contribution in [0.2, 0.25) is 0 Å². The number of alkyl halides is 3. The molecule has 2 N–H and O–H groups in total. The van der Waals surface area contributed by atoms with E-state index in [1.807, 2.05) is 0 Å². The molecular weight excluding hydrogens is 419 g/mol. The van der Waals surface area contributed by atoms with Crippen molar-refractivity contribution in [2.24, 2.45) is 0 Å². The molecule has 0 bridgehead atoms. The van der Waals surface area contributed by atoms with Gasteiger partial charge in [0.25, 0.3) is 0 Å². The molecule has 1 aliphatic rings. The van der Waals surface area contributed by atoms with Gasteiger partial charge in [-0.3, -0.25) is 0 Å². The number of halogens is 3. The van der Waals surface area contributed by atoms with E-state index in [9.17, 15) is 27.9 Å². The number of amides is 1. The van der Waals surface area contributed by atoms with Crippen molar-refractivity contribution < 1.29 is 42.1 Å². The number of alkyl carbamates (subject to hydrolysis) is 1. The van der Waals surface area contributed by atoms with Crippen molar-refractivity contribution in [2.45, 2.75) is 57.9 Å². The van der Waals surface area contributed by atoms with E-state index in [0.29, 0.717) is 5.56 Å². The molecular formula is C21H30F3NO6. The van der Waals surface area contributed by atoms with Gasteiger partial charge in [-0.25, -0.2) is 9.59 Å². The van der Waals surface area contributed by atoms with E-state index in [0.717, 1.165) is 38.6 Å². The first-order valence-corrected chi connectivity index (χ1v) is 9.70. The summed E-state index contributed by atoms with van der Waals surface area (Å²) in [7, 11) is 0. The average molecular weight is 449 g/mol. The van der Waals surface area contributed by atoms with Crippen LogP contribution in [0.1, 0.15) is 45.7 Å². The van der Waals surface area contributed by atoms with Crippen LogP contribution in [0.3, 0.4) is 0 Å². The fraction of sp³-hybridized carbons (Fsp3) is 0.619. The van der Waals surface area contributed by atoms with Crippen LogP contribution in [0, 0.1) is 0 Å². The molecule has 176 valence electrons. The molecule has 10 heteroatoms. The predicted molar refractivity (Wildman–Crippen MR) is 107 cm³/mol. The highest BCUT2D eigenvalue weighted by Gasteiger charge is 2.39. The first-order chi connectivity index (χ1) is 14.1. The third-order valence-corrected chi connectivity index (χ3v) is 4.33. The highest BCUT2D eigenvalue weighted by molar-refractivity contribution is 5.82. The summed E-state index contributed by atoms with van der Waals surface area (Å²) >= 11 is 0. The Hall–Kier alpha value is -2.33. The lowest BCUT2D eigenvalue weighted by molar-refractivity contribution is -0.141. The summed E-state index contributed by atoms with van der Waals surface area (Å²) in [6, 6.07) is 2.77. The zero-order chi connectivity index (χ0) is 23.9. The van der Waals surface area contributed by atoms with Crippen molar-refractivity contribution in [1.29, 1.82) is 0 Å². The van der Waals surface area contributed by atoms with Crippen molar-refractivity contribution in [3.8, 4) is 0 Å². The maximum absolute atomic E-state index is 12.7. The molecule has 1 heterocycles. The van der Waals surface area contributed by atoms with Crippen molar-refractivity contribution in [1.82, 2.24) is 5.32 Å². The Morgan fingerprint density at radius 2 is 1.35 bits per heavy atom. The van der Waals surface area contributed by atoms with Crippen molar-refractivity contribution in [3.63, 3.8) is 0 Å². The van der Waals surface area contributed by atoms with Gasteiger partial charge in [0.2, 0.25) is 0 Å². The fourth-order valence-electron chi connectivity index (χ4n) is 2.67. The predicted octanol–water partition coefficient (Wildman–Crippen LogP) is 3.99. The number of ether oxygens (including phenoxy) is 3. The lowest BCUT2D eigenvalue weighted by atomic mass is 9.77. The second-order valence-electron chi connectivity index (χ2n) is 8.44. The van der Waals surface area contributed by atoms with E-state index in [4.69, 9.17) is 14.2 Å². The van der Waals surface area contributed by atoms with Gasteiger partial charge < -0.3 is 24.6 Å². The first-order valence-electron chi connectivity index (χ1n) is 9.70. The number of rotatable bonds is 4. The highest BCUT2D eigenvalue weighted by Crippen LogP contribution is 2.33. The molecule has 0 spiro atoms. The molecule has 1 amide bonds. The Balaban J connectivity index is 0.000000683. The Morgan fingerprint density at radius 3 is 1.68 bits per heavy atom. The van der Waals surface area contributed by atoms with Gasteiger partial charge in [-0.2, -0.15) is 13.2 Å². The number of nitrogens with one attached hydrogen (secondary N) is 1. The lowest BCUT2D eigenvalue weighted by Crippen LogP contribution is -2.53. The topological polar surface area (TPSA) is 94.1 Å². The molecule has 1 saturated heterocycles. The number of carbonyl (C=O) groups is 2. The summed E-state index contributed by atoms with van der Waals surface area (Å²) in [4.78, 5) is 23.5. The third kappa shape index (κ3) is 9.14. The molecule has 31 heavy (non-hydrogen) atoms. The molecule has 0 radical (unpaired) electrons. The number of carboxylic acids is 1. The van der Waals surface area contributed by atoms with Gasteiger partial charge >= 0.3 is 18.2 Å². The van der Waals surface area contributed by atoms with Crippen LogP contribution in [-0.4, -0.2) is 55.2 Å². The first kappa shape index (κ1) is 26.7. The molecule has 0 saturated carbocycles. The summed E-state index contributed by atoms with van der Waals surface area (Å²) in [6.07, 6.45) is -5.40. The summed E-state index contributed by atoms with van der Waals surface area (Å²) in [5.41, 5.74) is -2.48. The van der Waals surface area contributed by atoms with E-state index < -0.39 is 40.9 Å². The second kappa shape index (κ2) is 10.8. The zero-order valence-electron chi connectivity index (χ0n) is 18.3. The van der Waals surface area contributed by atoms with Crippen LogP contribution in [-0.2, 0) is 30.6 Å². The minimum atomic E-state index is -4.48. The number of benzene rings is 1. The minimum Gasteiger partial charge on any atom is -0.480 e. The molecule has 7 nitrogen and oxygen atoms in total. The van der Waals surface area contributed by atoms with E-state index in [2.05, 4.69) is 5.32 Å². The van der Waals surface area contributed by atoms with Gasteiger partial charge in [-0.1, -0.05) is 26.0 Å². The van der Waals surface area contributed by atoms with Gasteiger partial charge in [0.05, 0.1) is 32.0 Å². The number of carbonyl (C=O) groups excluding carboxylic acids is 1. The number of hydrogen-bond acceptors (Lipinski definition) is 5. The molecule has 1 aliphatic heterocycles. The summed E-state index contributed by atoms with van der Waals surface area (Å²) < 4.78 is 52.9. The monoisotopic (exact) mass is 449 g/mol. The van der Waals surface area contributed by atoms with Gasteiger partial charge in [-0.15, -0.1) is 0 Å². The molecule has 1 unspecified atom stereocenters. The van der Waals surface area contributed by atoms with Gasteiger partial charge in [0.1, 0.15) is 11.6 Å². The molecule has 0 aromatic heterocycles.